The number of halogens is 1. The fourth-order valence-electron chi connectivity index (χ4n) is 3.59. The largest absolute Gasteiger partial charge is 0.495 e. The van der Waals surface area contributed by atoms with E-state index in [1.165, 1.54) is 40.3 Å². The normalized spacial score (nSPS) is 16.0. The third-order valence-electron chi connectivity index (χ3n) is 5.56. The van der Waals surface area contributed by atoms with Crippen LogP contribution in [0.3, 0.4) is 0 Å². The minimum Gasteiger partial charge on any atom is -0.495 e. The number of carbonyl (C=O) groups is 2. The van der Waals surface area contributed by atoms with Gasteiger partial charge in [-0.15, -0.1) is 0 Å². The molecule has 0 bridgehead atoms. The molecule has 12 nitrogen and oxygen atoms in total. The van der Waals surface area contributed by atoms with Crippen LogP contribution in [0.15, 0.2) is 61.1 Å². The maximum atomic E-state index is 15.0. The molecular formula is C25H29FN6O6. The van der Waals surface area contributed by atoms with Crippen LogP contribution >= 0.6 is 0 Å². The topological polar surface area (TPSA) is 171 Å². The summed E-state index contributed by atoms with van der Waals surface area (Å²) in [5.74, 6) is -1.04. The number of amides is 2. The van der Waals surface area contributed by atoms with E-state index in [2.05, 4.69) is 22.2 Å². The number of carbonyl (C=O) groups excluding carboxylic acids is 2. The molecule has 1 fully saturated rings. The van der Waals surface area contributed by atoms with Crippen molar-refractivity contribution in [3.8, 4) is 11.1 Å². The Bertz CT molecular complexity index is 1190. The Morgan fingerprint density at radius 1 is 1.37 bits per heavy atom. The van der Waals surface area contributed by atoms with Gasteiger partial charge in [0, 0.05) is 30.4 Å². The Morgan fingerprint density at radius 3 is 2.79 bits per heavy atom. The third kappa shape index (κ3) is 7.05. The van der Waals surface area contributed by atoms with Crippen LogP contribution in [0.5, 0.6) is 0 Å². The summed E-state index contributed by atoms with van der Waals surface area (Å²) in [7, 11) is 0. The van der Waals surface area contributed by atoms with E-state index in [-0.39, 0.29) is 37.6 Å². The summed E-state index contributed by atoms with van der Waals surface area (Å²) in [5.41, 5.74) is 1.04. The number of hydrogen-bond acceptors (Lipinski definition) is 9. The predicted octanol–water partition coefficient (Wildman–Crippen LogP) is 1.27. The van der Waals surface area contributed by atoms with E-state index in [4.69, 9.17) is 15.3 Å². The van der Waals surface area contributed by atoms with Crippen molar-refractivity contribution < 1.29 is 34.0 Å². The molecule has 2 amide bonds. The number of aliphatic hydroxyl groups excluding tert-OH is 3. The van der Waals surface area contributed by atoms with Crippen molar-refractivity contribution >= 4 is 29.8 Å². The molecule has 1 saturated heterocycles. The van der Waals surface area contributed by atoms with Crippen molar-refractivity contribution in [2.75, 3.05) is 42.6 Å². The summed E-state index contributed by atoms with van der Waals surface area (Å²) in [6.45, 7) is 3.38. The quantitative estimate of drug-likeness (QED) is 0.0969. The van der Waals surface area contributed by atoms with Crippen LogP contribution < -0.4 is 20.4 Å². The smallest absolute Gasteiger partial charge is 0.414 e. The summed E-state index contributed by atoms with van der Waals surface area (Å²) < 4.78 is 20.3. The molecule has 0 saturated carbocycles. The van der Waals surface area contributed by atoms with Gasteiger partial charge in [0.2, 0.25) is 0 Å². The Morgan fingerprint density at radius 2 is 2.16 bits per heavy atom. The van der Waals surface area contributed by atoms with Gasteiger partial charge in [0.15, 0.2) is 12.0 Å². The minimum absolute atomic E-state index is 0.0906. The van der Waals surface area contributed by atoms with E-state index in [0.717, 1.165) is 6.34 Å². The molecule has 0 radical (unpaired) electrons. The lowest BCUT2D eigenvalue weighted by atomic mass is 10.1. The van der Waals surface area contributed by atoms with Crippen LogP contribution in [-0.2, 0) is 9.53 Å². The van der Waals surface area contributed by atoms with Gasteiger partial charge in [-0.1, -0.05) is 12.7 Å². The highest BCUT2D eigenvalue weighted by Crippen LogP contribution is 2.29. The van der Waals surface area contributed by atoms with E-state index < -0.39 is 36.6 Å². The summed E-state index contributed by atoms with van der Waals surface area (Å²) in [6, 6.07) is 7.55. The molecule has 38 heavy (non-hydrogen) atoms. The van der Waals surface area contributed by atoms with Gasteiger partial charge in [-0.25, -0.2) is 14.2 Å². The number of rotatable bonds is 13. The fraction of sp³-hybridized carbons (Fsp3) is 0.280. The van der Waals surface area contributed by atoms with Crippen LogP contribution in [0, 0.1) is 11.2 Å². The zero-order valence-electron chi connectivity index (χ0n) is 20.4. The zero-order chi connectivity index (χ0) is 27.7. The molecule has 2 atom stereocenters. The highest BCUT2D eigenvalue weighted by molar-refractivity contribution is 5.90. The molecule has 1 aliphatic rings. The molecule has 0 aliphatic carbocycles. The molecule has 202 valence electrons. The molecule has 0 spiro atoms. The van der Waals surface area contributed by atoms with Gasteiger partial charge >= 0.3 is 6.09 Å². The van der Waals surface area contributed by atoms with Gasteiger partial charge in [0.05, 0.1) is 31.7 Å². The zero-order valence-corrected chi connectivity index (χ0v) is 20.4. The summed E-state index contributed by atoms with van der Waals surface area (Å²) in [4.78, 5) is 30.8. The number of nitrogens with one attached hydrogen (secondary N) is 3. The molecule has 3 rings (SSSR count). The standard InChI is InChI=1S/C25H29FN6O6/c1-2-3-23(35)30-12-18-13-32(25(37)38-18)17-5-6-19(20(26)10-17)16-4-7-22(29-11-16)31(15-27)9-8-28-24(36)21(34)14-33/h2-7,10-11,15,18,21,27,30,33-35H,1,8-9,12-14H2,(H,28,36)/b23-3-,27-15?. The number of allylic oxidation sites excluding steroid dienone is 2. The molecule has 2 aromatic rings. The molecular weight excluding hydrogens is 499 g/mol. The first-order valence-electron chi connectivity index (χ1n) is 11.6. The molecule has 1 aromatic heterocycles. The van der Waals surface area contributed by atoms with Crippen LogP contribution in [0.2, 0.25) is 0 Å². The summed E-state index contributed by atoms with van der Waals surface area (Å²) >= 11 is 0. The lowest BCUT2D eigenvalue weighted by Gasteiger charge is -2.19. The van der Waals surface area contributed by atoms with Crippen molar-refractivity contribution in [2.45, 2.75) is 12.2 Å². The van der Waals surface area contributed by atoms with Crippen molar-refractivity contribution in [1.82, 2.24) is 15.6 Å². The first-order valence-corrected chi connectivity index (χ1v) is 11.6. The third-order valence-corrected chi connectivity index (χ3v) is 5.56. The number of benzene rings is 1. The Balaban J connectivity index is 1.63. The van der Waals surface area contributed by atoms with E-state index >= 15 is 4.39 Å². The summed E-state index contributed by atoms with van der Waals surface area (Å²) in [6.07, 6.45) is 2.52. The highest BCUT2D eigenvalue weighted by Gasteiger charge is 2.32. The average molecular weight is 529 g/mol. The van der Waals surface area contributed by atoms with Gasteiger partial charge in [0.1, 0.15) is 17.7 Å². The lowest BCUT2D eigenvalue weighted by Crippen LogP contribution is -2.41. The van der Waals surface area contributed by atoms with Gasteiger partial charge < -0.3 is 35.6 Å². The number of ether oxygens (including phenoxy) is 1. The Kier molecular flexibility index (Phi) is 9.73. The highest BCUT2D eigenvalue weighted by atomic mass is 19.1. The number of aliphatic hydroxyl groups is 3. The van der Waals surface area contributed by atoms with Gasteiger partial charge in [-0.05, 0) is 36.4 Å². The van der Waals surface area contributed by atoms with Crippen LogP contribution in [0.4, 0.5) is 20.7 Å². The monoisotopic (exact) mass is 528 g/mol. The first-order chi connectivity index (χ1) is 18.3. The van der Waals surface area contributed by atoms with E-state index in [9.17, 15) is 19.8 Å². The number of pyridine rings is 1. The predicted molar refractivity (Wildman–Crippen MR) is 138 cm³/mol. The number of anilines is 2. The molecule has 1 aliphatic heterocycles. The number of nitrogens with zero attached hydrogens (tertiary/aromatic N) is 3. The fourth-order valence-corrected chi connectivity index (χ4v) is 3.59. The average Bonchev–Trinajstić information content (AvgIpc) is 3.30. The second kappa shape index (κ2) is 13.2. The van der Waals surface area contributed by atoms with Gasteiger partial charge in [-0.2, -0.15) is 0 Å². The van der Waals surface area contributed by atoms with E-state index in [1.54, 1.807) is 18.2 Å². The van der Waals surface area contributed by atoms with E-state index in [1.807, 2.05) is 0 Å². The molecule has 2 unspecified atom stereocenters. The number of cyclic esters (lactones) is 1. The SMILES string of the molecule is C=C/C=C(\O)NCC1CN(c2ccc(-c3ccc(N(C=N)CCNC(=O)C(O)CO)nc3)c(F)c2)C(=O)O1. The Labute approximate surface area is 218 Å². The first kappa shape index (κ1) is 28.1. The van der Waals surface area contributed by atoms with Crippen LogP contribution in [0.1, 0.15) is 0 Å². The maximum absolute atomic E-state index is 15.0. The minimum atomic E-state index is -1.52. The van der Waals surface area contributed by atoms with Gasteiger partial charge in [-0.3, -0.25) is 15.1 Å². The lowest BCUT2D eigenvalue weighted by molar-refractivity contribution is -0.131. The second-order valence-corrected chi connectivity index (χ2v) is 8.17. The molecule has 6 N–H and O–H groups in total. The molecule has 2 heterocycles. The molecule has 1 aromatic carbocycles. The van der Waals surface area contributed by atoms with Crippen LogP contribution in [-0.4, -0.2) is 83.6 Å². The number of hydrogen-bond donors (Lipinski definition) is 6. The summed E-state index contributed by atoms with van der Waals surface area (Å²) in [5, 5.41) is 40.4. The van der Waals surface area contributed by atoms with Crippen molar-refractivity contribution in [3.05, 3.63) is 67.0 Å². The van der Waals surface area contributed by atoms with Crippen LogP contribution in [0.25, 0.3) is 11.1 Å². The van der Waals surface area contributed by atoms with Crippen molar-refractivity contribution in [2.24, 2.45) is 0 Å². The van der Waals surface area contributed by atoms with Gasteiger partial charge in [0.25, 0.3) is 5.91 Å². The van der Waals surface area contributed by atoms with Crippen molar-refractivity contribution in [1.29, 1.82) is 5.41 Å². The number of aromatic nitrogens is 1. The van der Waals surface area contributed by atoms with E-state index in [0.29, 0.717) is 17.1 Å². The van der Waals surface area contributed by atoms with Crippen molar-refractivity contribution in [3.63, 3.8) is 0 Å². The molecule has 13 heteroatoms. The second-order valence-electron chi connectivity index (χ2n) is 8.17. The Hall–Kier alpha value is -4.49. The maximum Gasteiger partial charge on any atom is 0.414 e.